The Morgan fingerprint density at radius 3 is 2.44 bits per heavy atom. The van der Waals surface area contributed by atoms with Gasteiger partial charge in [-0.1, -0.05) is 36.4 Å². The van der Waals surface area contributed by atoms with E-state index in [9.17, 15) is 9.59 Å². The number of thiophene rings is 1. The van der Waals surface area contributed by atoms with Crippen molar-refractivity contribution in [2.24, 2.45) is 0 Å². The summed E-state index contributed by atoms with van der Waals surface area (Å²) in [6.45, 7) is 0.624. The Morgan fingerprint density at radius 1 is 0.972 bits per heavy atom. The van der Waals surface area contributed by atoms with Crippen molar-refractivity contribution in [3.63, 3.8) is 0 Å². The molecular weight excluding hydrogens is 472 g/mol. The normalized spacial score (nSPS) is 10.8. The van der Waals surface area contributed by atoms with Gasteiger partial charge in [-0.15, -0.1) is 11.3 Å². The van der Waals surface area contributed by atoms with Crippen LogP contribution in [0.4, 0.5) is 0 Å². The van der Waals surface area contributed by atoms with Crippen LogP contribution in [0, 0.1) is 0 Å². The lowest BCUT2D eigenvalue weighted by Crippen LogP contribution is -2.31. The molecule has 5 aromatic rings. The average molecular weight is 497 g/mol. The van der Waals surface area contributed by atoms with Gasteiger partial charge in [0.1, 0.15) is 17.1 Å². The van der Waals surface area contributed by atoms with Gasteiger partial charge < -0.3 is 14.6 Å². The number of aromatic nitrogens is 2. The van der Waals surface area contributed by atoms with E-state index in [0.717, 1.165) is 21.8 Å². The summed E-state index contributed by atoms with van der Waals surface area (Å²) < 4.78 is 7.26. The predicted octanol–water partition coefficient (Wildman–Crippen LogP) is 5.40. The molecule has 36 heavy (non-hydrogen) atoms. The van der Waals surface area contributed by atoms with Crippen molar-refractivity contribution in [2.45, 2.75) is 13.1 Å². The molecule has 0 saturated heterocycles. The Bertz CT molecular complexity index is 1440. The van der Waals surface area contributed by atoms with E-state index in [1.165, 1.54) is 0 Å². The maximum Gasteiger partial charge on any atom is 0.273 e. The molecule has 0 aliphatic carbocycles. The molecular formula is C28H24N4O3S. The van der Waals surface area contributed by atoms with Gasteiger partial charge >= 0.3 is 0 Å². The molecule has 0 aliphatic heterocycles. The molecule has 3 heterocycles. The fourth-order valence-corrected chi connectivity index (χ4v) is 4.60. The number of nitrogens with zero attached hydrogens (tertiary/aromatic N) is 3. The van der Waals surface area contributed by atoms with E-state index in [4.69, 9.17) is 9.52 Å². The zero-order valence-electron chi connectivity index (χ0n) is 19.6. The summed E-state index contributed by atoms with van der Waals surface area (Å²) in [7, 11) is 1.60. The summed E-state index contributed by atoms with van der Waals surface area (Å²) in [4.78, 5) is 28.7. The number of carbonyl (C=O) groups is 2. The van der Waals surface area contributed by atoms with Crippen LogP contribution in [0.25, 0.3) is 16.3 Å². The number of benzene rings is 2. The first-order chi connectivity index (χ1) is 17.6. The van der Waals surface area contributed by atoms with Crippen molar-refractivity contribution in [3.8, 4) is 16.3 Å². The van der Waals surface area contributed by atoms with Crippen molar-refractivity contribution in [2.75, 3.05) is 7.05 Å². The van der Waals surface area contributed by atoms with Gasteiger partial charge in [0, 0.05) is 19.2 Å². The Labute approximate surface area is 212 Å². The molecule has 0 saturated carbocycles. The van der Waals surface area contributed by atoms with E-state index in [1.54, 1.807) is 52.4 Å². The van der Waals surface area contributed by atoms with Gasteiger partial charge in [0.05, 0.1) is 23.4 Å². The third-order valence-electron chi connectivity index (χ3n) is 5.73. The predicted molar refractivity (Wildman–Crippen MR) is 139 cm³/mol. The highest BCUT2D eigenvalue weighted by Gasteiger charge is 2.24. The highest BCUT2D eigenvalue weighted by Crippen LogP contribution is 2.27. The van der Waals surface area contributed by atoms with Crippen molar-refractivity contribution in [1.82, 2.24) is 20.0 Å². The van der Waals surface area contributed by atoms with Gasteiger partial charge in [-0.2, -0.15) is 5.10 Å². The minimum absolute atomic E-state index is 0.155. The largest absolute Gasteiger partial charge is 0.467 e. The summed E-state index contributed by atoms with van der Waals surface area (Å²) in [6.07, 6.45) is 1.60. The average Bonchev–Trinajstić information content (AvgIpc) is 3.70. The summed E-state index contributed by atoms with van der Waals surface area (Å²) in [5, 5.41) is 9.39. The summed E-state index contributed by atoms with van der Waals surface area (Å²) in [6, 6.07) is 26.3. The molecule has 0 bridgehead atoms. The lowest BCUT2D eigenvalue weighted by atomic mass is 10.1. The number of nitrogens with one attached hydrogen (secondary N) is 1. The first-order valence-electron chi connectivity index (χ1n) is 11.4. The summed E-state index contributed by atoms with van der Waals surface area (Å²) in [5.74, 6) is 0.341. The molecule has 1 N–H and O–H groups in total. The van der Waals surface area contributed by atoms with Crippen LogP contribution in [0.15, 0.2) is 101 Å². The van der Waals surface area contributed by atoms with E-state index in [2.05, 4.69) is 5.32 Å². The molecule has 5 rings (SSSR count). The van der Waals surface area contributed by atoms with Crippen molar-refractivity contribution < 1.29 is 14.0 Å². The second-order valence-electron chi connectivity index (χ2n) is 8.16. The van der Waals surface area contributed by atoms with Gasteiger partial charge in [0.25, 0.3) is 11.8 Å². The highest BCUT2D eigenvalue weighted by atomic mass is 32.1. The molecule has 2 amide bonds. The van der Waals surface area contributed by atoms with Crippen LogP contribution in [0.1, 0.15) is 32.2 Å². The number of furan rings is 1. The number of amides is 2. The van der Waals surface area contributed by atoms with Crippen LogP contribution in [0.5, 0.6) is 0 Å². The molecule has 180 valence electrons. The molecule has 2 aromatic carbocycles. The summed E-state index contributed by atoms with van der Waals surface area (Å²) >= 11 is 1.58. The van der Waals surface area contributed by atoms with Crippen molar-refractivity contribution >= 4 is 23.2 Å². The van der Waals surface area contributed by atoms with Gasteiger partial charge in [0.2, 0.25) is 0 Å². The lowest BCUT2D eigenvalue weighted by Gasteiger charge is -2.22. The lowest BCUT2D eigenvalue weighted by molar-refractivity contribution is 0.0708. The minimum atomic E-state index is -0.180. The van der Waals surface area contributed by atoms with Gasteiger partial charge in [0.15, 0.2) is 0 Å². The Morgan fingerprint density at radius 2 is 1.78 bits per heavy atom. The highest BCUT2D eigenvalue weighted by molar-refractivity contribution is 7.13. The van der Waals surface area contributed by atoms with Crippen molar-refractivity contribution in [3.05, 3.63) is 119 Å². The van der Waals surface area contributed by atoms with Gasteiger partial charge in [-0.05, 0) is 59.5 Å². The zero-order valence-corrected chi connectivity index (χ0v) is 20.4. The van der Waals surface area contributed by atoms with E-state index in [1.807, 2.05) is 72.1 Å². The van der Waals surface area contributed by atoms with Crippen LogP contribution in [0.3, 0.4) is 0 Å². The Hall–Kier alpha value is -4.43. The second kappa shape index (κ2) is 10.5. The Kier molecular flexibility index (Phi) is 6.77. The molecule has 0 aliphatic rings. The molecule has 0 atom stereocenters. The smallest absolute Gasteiger partial charge is 0.273 e. The molecule has 0 unspecified atom stereocenters. The van der Waals surface area contributed by atoms with Crippen LogP contribution in [-0.4, -0.2) is 33.5 Å². The quantitative estimate of drug-likeness (QED) is 0.312. The van der Waals surface area contributed by atoms with Crippen LogP contribution in [-0.2, 0) is 13.1 Å². The SMILES string of the molecule is CNC(=O)c1ccc(CN(Cc2ccco2)C(=O)c2cc(-c3cccs3)nn2-c2ccccc2)cc1. The van der Waals surface area contributed by atoms with Crippen LogP contribution in [0.2, 0.25) is 0 Å². The zero-order chi connectivity index (χ0) is 24.9. The number of para-hydroxylation sites is 1. The summed E-state index contributed by atoms with van der Waals surface area (Å²) in [5.41, 5.74) is 3.46. The van der Waals surface area contributed by atoms with Crippen LogP contribution >= 0.6 is 11.3 Å². The second-order valence-corrected chi connectivity index (χ2v) is 9.10. The van der Waals surface area contributed by atoms with E-state index in [-0.39, 0.29) is 18.4 Å². The maximum atomic E-state index is 14.0. The standard InChI is InChI=1S/C28H24N4O3S/c1-29-27(33)21-13-11-20(12-14-21)18-31(19-23-9-5-15-35-23)28(34)25-17-24(26-10-6-16-36-26)30-32(25)22-7-3-2-4-8-22/h2-17H,18-19H2,1H3,(H,29,33). The molecule has 7 nitrogen and oxygen atoms in total. The Balaban J connectivity index is 1.52. The third kappa shape index (κ3) is 4.99. The van der Waals surface area contributed by atoms with E-state index < -0.39 is 0 Å². The van der Waals surface area contributed by atoms with Gasteiger partial charge in [-0.3, -0.25) is 9.59 Å². The molecule has 0 spiro atoms. The van der Waals surface area contributed by atoms with Crippen LogP contribution < -0.4 is 5.32 Å². The van der Waals surface area contributed by atoms with E-state index >= 15 is 0 Å². The van der Waals surface area contributed by atoms with Crippen molar-refractivity contribution in [1.29, 1.82) is 0 Å². The minimum Gasteiger partial charge on any atom is -0.467 e. The first-order valence-corrected chi connectivity index (χ1v) is 12.3. The molecule has 8 heteroatoms. The van der Waals surface area contributed by atoms with Gasteiger partial charge in [-0.25, -0.2) is 4.68 Å². The first kappa shape index (κ1) is 23.3. The van der Waals surface area contributed by atoms with E-state index in [0.29, 0.717) is 23.6 Å². The molecule has 0 radical (unpaired) electrons. The molecule has 0 fully saturated rings. The number of carbonyl (C=O) groups excluding carboxylic acids is 2. The number of hydrogen-bond donors (Lipinski definition) is 1. The maximum absolute atomic E-state index is 14.0. The fraction of sp³-hybridized carbons (Fsp3) is 0.107. The topological polar surface area (TPSA) is 80.4 Å². The molecule has 3 aromatic heterocycles. The monoisotopic (exact) mass is 496 g/mol. The third-order valence-corrected chi connectivity index (χ3v) is 6.63. The number of rotatable bonds is 8. The fourth-order valence-electron chi connectivity index (χ4n) is 3.92. The number of hydrogen-bond acceptors (Lipinski definition) is 5.